The summed E-state index contributed by atoms with van der Waals surface area (Å²) in [4.78, 5) is 11.7. The topological polar surface area (TPSA) is 93.7 Å². The summed E-state index contributed by atoms with van der Waals surface area (Å²) in [6.45, 7) is 1.62. The largest absolute Gasteiger partial charge is 0.497 e. The van der Waals surface area contributed by atoms with Crippen molar-refractivity contribution in [2.75, 3.05) is 17.1 Å². The van der Waals surface area contributed by atoms with Gasteiger partial charge in [-0.3, -0.25) is 9.52 Å². The molecule has 0 saturated heterocycles. The van der Waals surface area contributed by atoms with Gasteiger partial charge in [-0.2, -0.15) is 0 Å². The molecule has 1 aliphatic rings. The van der Waals surface area contributed by atoms with E-state index >= 15 is 0 Å². The summed E-state index contributed by atoms with van der Waals surface area (Å²) < 4.78 is 38.0. The summed E-state index contributed by atoms with van der Waals surface area (Å²) >= 11 is 0. The van der Waals surface area contributed by atoms with Gasteiger partial charge in [-0.15, -0.1) is 0 Å². The molecule has 0 unspecified atom stereocenters. The number of amides is 1. The molecule has 1 aliphatic heterocycles. The zero-order chi connectivity index (χ0) is 17.3. The SMILES string of the molecule is COc1cccc(NS(=O)(=O)c2ccc3c(c2)NC(=O)[C@@H](C)O3)c1. The van der Waals surface area contributed by atoms with E-state index in [1.54, 1.807) is 31.2 Å². The van der Waals surface area contributed by atoms with Crippen molar-refractivity contribution in [2.24, 2.45) is 0 Å². The van der Waals surface area contributed by atoms with Gasteiger partial charge in [0.2, 0.25) is 0 Å². The van der Waals surface area contributed by atoms with Gasteiger partial charge in [0.05, 0.1) is 23.4 Å². The Morgan fingerprint density at radius 1 is 1.21 bits per heavy atom. The smallest absolute Gasteiger partial charge is 0.265 e. The lowest BCUT2D eigenvalue weighted by atomic mass is 10.2. The molecule has 1 atom stereocenters. The van der Waals surface area contributed by atoms with Crippen LogP contribution in [-0.4, -0.2) is 27.5 Å². The lowest BCUT2D eigenvalue weighted by molar-refractivity contribution is -0.122. The van der Waals surface area contributed by atoms with Gasteiger partial charge >= 0.3 is 0 Å². The molecule has 7 nitrogen and oxygen atoms in total. The van der Waals surface area contributed by atoms with E-state index in [4.69, 9.17) is 9.47 Å². The molecule has 3 rings (SSSR count). The summed E-state index contributed by atoms with van der Waals surface area (Å²) in [5.74, 6) is 0.649. The van der Waals surface area contributed by atoms with Crippen molar-refractivity contribution in [3.8, 4) is 11.5 Å². The minimum atomic E-state index is -3.82. The van der Waals surface area contributed by atoms with E-state index in [0.717, 1.165) is 0 Å². The molecule has 2 aromatic carbocycles. The molecule has 1 heterocycles. The number of hydrogen-bond acceptors (Lipinski definition) is 5. The number of nitrogens with one attached hydrogen (secondary N) is 2. The van der Waals surface area contributed by atoms with Crippen LogP contribution < -0.4 is 19.5 Å². The Hall–Kier alpha value is -2.74. The van der Waals surface area contributed by atoms with Crippen LogP contribution in [-0.2, 0) is 14.8 Å². The molecular formula is C16H16N2O5S. The van der Waals surface area contributed by atoms with Crippen molar-refractivity contribution < 1.29 is 22.7 Å². The molecule has 0 bridgehead atoms. The Kier molecular flexibility index (Phi) is 4.06. The van der Waals surface area contributed by atoms with Crippen molar-refractivity contribution in [1.82, 2.24) is 0 Å². The summed E-state index contributed by atoms with van der Waals surface area (Å²) in [6, 6.07) is 10.9. The predicted octanol–water partition coefficient (Wildman–Crippen LogP) is 2.22. The van der Waals surface area contributed by atoms with Crippen molar-refractivity contribution in [1.29, 1.82) is 0 Å². The third-order valence-corrected chi connectivity index (χ3v) is 4.89. The summed E-state index contributed by atoms with van der Waals surface area (Å²) in [5.41, 5.74) is 0.701. The molecule has 0 aliphatic carbocycles. The first kappa shape index (κ1) is 16.1. The number of benzene rings is 2. The summed E-state index contributed by atoms with van der Waals surface area (Å²) in [6.07, 6.45) is -0.616. The molecule has 2 aromatic rings. The highest BCUT2D eigenvalue weighted by Gasteiger charge is 2.25. The zero-order valence-electron chi connectivity index (χ0n) is 13.1. The number of carbonyl (C=O) groups is 1. The number of fused-ring (bicyclic) bond motifs is 1. The average molecular weight is 348 g/mol. The second kappa shape index (κ2) is 6.04. The van der Waals surface area contributed by atoms with Crippen LogP contribution in [0.4, 0.5) is 11.4 Å². The Balaban J connectivity index is 1.90. The van der Waals surface area contributed by atoms with Gasteiger partial charge in [0.25, 0.3) is 15.9 Å². The van der Waals surface area contributed by atoms with Crippen LogP contribution in [0.3, 0.4) is 0 Å². The Bertz CT molecular complexity index is 895. The second-order valence-electron chi connectivity index (χ2n) is 5.24. The molecule has 1 amide bonds. The fourth-order valence-corrected chi connectivity index (χ4v) is 3.33. The van der Waals surface area contributed by atoms with Crippen LogP contribution in [0.15, 0.2) is 47.4 Å². The van der Waals surface area contributed by atoms with Crippen molar-refractivity contribution in [3.63, 3.8) is 0 Å². The molecule has 0 aromatic heterocycles. The normalized spacial score (nSPS) is 16.6. The fraction of sp³-hybridized carbons (Fsp3) is 0.188. The van der Waals surface area contributed by atoms with Crippen molar-refractivity contribution in [3.05, 3.63) is 42.5 Å². The molecule has 2 N–H and O–H groups in total. The molecule has 24 heavy (non-hydrogen) atoms. The second-order valence-corrected chi connectivity index (χ2v) is 6.93. The highest BCUT2D eigenvalue weighted by Crippen LogP contribution is 2.32. The van der Waals surface area contributed by atoms with E-state index < -0.39 is 16.1 Å². The van der Waals surface area contributed by atoms with Crippen LogP contribution >= 0.6 is 0 Å². The van der Waals surface area contributed by atoms with E-state index in [1.165, 1.54) is 25.3 Å². The minimum absolute atomic E-state index is 0.0162. The quantitative estimate of drug-likeness (QED) is 0.883. The molecule has 126 valence electrons. The number of carbonyl (C=O) groups excluding carboxylic acids is 1. The fourth-order valence-electron chi connectivity index (χ4n) is 2.26. The molecule has 0 spiro atoms. The predicted molar refractivity (Wildman–Crippen MR) is 89.0 cm³/mol. The van der Waals surface area contributed by atoms with Crippen LogP contribution in [0.1, 0.15) is 6.92 Å². The summed E-state index contributed by atoms with van der Waals surface area (Å²) in [5, 5.41) is 2.63. The number of hydrogen-bond donors (Lipinski definition) is 2. The molecule has 0 saturated carbocycles. The first-order valence-corrected chi connectivity index (χ1v) is 8.66. The Morgan fingerprint density at radius 2 is 2.00 bits per heavy atom. The third-order valence-electron chi connectivity index (χ3n) is 3.51. The van der Waals surface area contributed by atoms with Crippen LogP contribution in [0.25, 0.3) is 0 Å². The lowest BCUT2D eigenvalue weighted by Crippen LogP contribution is -2.34. The van der Waals surface area contributed by atoms with Gasteiger partial charge in [-0.25, -0.2) is 8.42 Å². The molecule has 0 fully saturated rings. The molecule has 8 heteroatoms. The minimum Gasteiger partial charge on any atom is -0.497 e. The van der Waals surface area contributed by atoms with Crippen molar-refractivity contribution >= 4 is 27.3 Å². The van der Waals surface area contributed by atoms with Crippen LogP contribution in [0.5, 0.6) is 11.5 Å². The van der Waals surface area contributed by atoms with Gasteiger partial charge in [0.15, 0.2) is 6.10 Å². The Morgan fingerprint density at radius 3 is 2.75 bits per heavy atom. The first-order chi connectivity index (χ1) is 11.4. The molecular weight excluding hydrogens is 332 g/mol. The van der Waals surface area contributed by atoms with Gasteiger partial charge in [0, 0.05) is 6.07 Å². The van der Waals surface area contributed by atoms with E-state index in [-0.39, 0.29) is 10.8 Å². The maximum Gasteiger partial charge on any atom is 0.265 e. The number of rotatable bonds is 4. The van der Waals surface area contributed by atoms with Crippen LogP contribution in [0, 0.1) is 0 Å². The lowest BCUT2D eigenvalue weighted by Gasteiger charge is -2.23. The van der Waals surface area contributed by atoms with Crippen molar-refractivity contribution in [2.45, 2.75) is 17.9 Å². The molecule has 0 radical (unpaired) electrons. The van der Waals surface area contributed by atoms with Gasteiger partial charge in [0.1, 0.15) is 11.5 Å². The third kappa shape index (κ3) is 3.13. The average Bonchev–Trinajstić information content (AvgIpc) is 2.55. The number of ether oxygens (including phenoxy) is 2. The highest BCUT2D eigenvalue weighted by molar-refractivity contribution is 7.92. The monoisotopic (exact) mass is 348 g/mol. The zero-order valence-corrected chi connectivity index (χ0v) is 13.9. The highest BCUT2D eigenvalue weighted by atomic mass is 32.2. The maximum absolute atomic E-state index is 12.5. The van der Waals surface area contributed by atoms with Gasteiger partial charge in [-0.05, 0) is 37.3 Å². The first-order valence-electron chi connectivity index (χ1n) is 7.17. The Labute approximate surface area is 139 Å². The van der Waals surface area contributed by atoms with Gasteiger partial charge < -0.3 is 14.8 Å². The number of sulfonamides is 1. The van der Waals surface area contributed by atoms with E-state index in [0.29, 0.717) is 22.9 Å². The van der Waals surface area contributed by atoms with Gasteiger partial charge in [-0.1, -0.05) is 6.07 Å². The van der Waals surface area contributed by atoms with E-state index in [1.807, 2.05) is 0 Å². The summed E-state index contributed by atoms with van der Waals surface area (Å²) in [7, 11) is -2.31. The maximum atomic E-state index is 12.5. The van der Waals surface area contributed by atoms with Crippen LogP contribution in [0.2, 0.25) is 0 Å². The van der Waals surface area contributed by atoms with E-state index in [2.05, 4.69) is 10.0 Å². The van der Waals surface area contributed by atoms with E-state index in [9.17, 15) is 13.2 Å². The number of anilines is 2. The number of methoxy groups -OCH3 is 1. The standard InChI is InChI=1S/C16H16N2O5S/c1-10-16(19)17-14-9-13(6-7-15(14)23-10)24(20,21)18-11-4-3-5-12(8-11)22-2/h3-10,18H,1-2H3,(H,17,19)/t10-/m1/s1.